The minimum absolute atomic E-state index is 0.181. The van der Waals surface area contributed by atoms with Gasteiger partial charge in [-0.15, -0.1) is 0 Å². The summed E-state index contributed by atoms with van der Waals surface area (Å²) in [6.07, 6.45) is 5.60. The molecule has 3 aromatic rings. The lowest BCUT2D eigenvalue weighted by atomic mass is 10.1. The molecule has 1 amide bonds. The minimum atomic E-state index is -0.266. The lowest BCUT2D eigenvalue weighted by Gasteiger charge is -2.05. The van der Waals surface area contributed by atoms with E-state index in [2.05, 4.69) is 31.2 Å². The Morgan fingerprint density at radius 2 is 2.18 bits per heavy atom. The number of carbonyl (C=O) groups is 1. The first-order valence-electron chi connectivity index (χ1n) is 6.78. The average molecular weight is 362 g/mol. The van der Waals surface area contributed by atoms with Crippen molar-refractivity contribution in [2.75, 3.05) is 6.54 Å². The largest absolute Gasteiger partial charge is 0.361 e. The van der Waals surface area contributed by atoms with Gasteiger partial charge < -0.3 is 10.3 Å². The molecule has 3 rings (SSSR count). The summed E-state index contributed by atoms with van der Waals surface area (Å²) in [5.41, 5.74) is 2.36. The van der Waals surface area contributed by atoms with Crippen LogP contribution >= 0.6 is 15.9 Å². The van der Waals surface area contributed by atoms with Gasteiger partial charge >= 0.3 is 0 Å². The fraction of sp³-hybridized carbons (Fsp3) is 0.125. The highest BCUT2D eigenvalue weighted by molar-refractivity contribution is 9.10. The number of aromatic amines is 1. The third-order valence-corrected chi connectivity index (χ3v) is 3.81. The van der Waals surface area contributed by atoms with Crippen LogP contribution < -0.4 is 5.32 Å². The highest BCUT2D eigenvalue weighted by Crippen LogP contribution is 2.19. The van der Waals surface area contributed by atoms with Crippen LogP contribution in [-0.4, -0.2) is 22.4 Å². The standard InChI is InChI=1S/C16H13BrFN3O/c17-12-5-11(7-19-9-12)16(22)20-4-3-10-8-21-15-2-1-13(18)6-14(10)15/h1-2,5-9,21H,3-4H2,(H,20,22). The summed E-state index contributed by atoms with van der Waals surface area (Å²) in [7, 11) is 0. The van der Waals surface area contributed by atoms with Crippen molar-refractivity contribution in [1.29, 1.82) is 0 Å². The zero-order valence-corrected chi connectivity index (χ0v) is 13.2. The maximum atomic E-state index is 13.3. The zero-order chi connectivity index (χ0) is 15.5. The Labute approximate surface area is 134 Å². The SMILES string of the molecule is O=C(NCCc1c[nH]c2ccc(F)cc12)c1cncc(Br)c1. The maximum Gasteiger partial charge on any atom is 0.252 e. The number of amides is 1. The molecule has 2 N–H and O–H groups in total. The van der Waals surface area contributed by atoms with E-state index in [0.717, 1.165) is 20.9 Å². The number of H-pyrrole nitrogens is 1. The summed E-state index contributed by atoms with van der Waals surface area (Å²) >= 11 is 3.28. The van der Waals surface area contributed by atoms with Crippen LogP contribution in [0.1, 0.15) is 15.9 Å². The van der Waals surface area contributed by atoms with E-state index in [9.17, 15) is 9.18 Å². The molecule has 2 heterocycles. The predicted molar refractivity (Wildman–Crippen MR) is 86.2 cm³/mol. The normalized spacial score (nSPS) is 10.8. The van der Waals surface area contributed by atoms with Crippen LogP contribution in [0.25, 0.3) is 10.9 Å². The van der Waals surface area contributed by atoms with E-state index in [1.54, 1.807) is 18.3 Å². The molecule has 0 saturated heterocycles. The minimum Gasteiger partial charge on any atom is -0.361 e. The van der Waals surface area contributed by atoms with Crippen LogP contribution in [0.4, 0.5) is 4.39 Å². The monoisotopic (exact) mass is 361 g/mol. The predicted octanol–water partition coefficient (Wildman–Crippen LogP) is 3.44. The third kappa shape index (κ3) is 3.17. The topological polar surface area (TPSA) is 57.8 Å². The number of rotatable bonds is 4. The molecule has 0 radical (unpaired) electrons. The number of pyridine rings is 1. The fourth-order valence-corrected chi connectivity index (χ4v) is 2.67. The van der Waals surface area contributed by atoms with E-state index in [1.807, 2.05) is 6.20 Å². The molecule has 0 atom stereocenters. The average Bonchev–Trinajstić information content (AvgIpc) is 2.89. The van der Waals surface area contributed by atoms with Crippen LogP contribution in [0, 0.1) is 5.82 Å². The molecule has 6 heteroatoms. The molecule has 4 nitrogen and oxygen atoms in total. The molecule has 0 unspecified atom stereocenters. The Morgan fingerprint density at radius 3 is 3.00 bits per heavy atom. The molecule has 22 heavy (non-hydrogen) atoms. The number of nitrogens with zero attached hydrogens (tertiary/aromatic N) is 1. The van der Waals surface area contributed by atoms with Crippen molar-refractivity contribution in [3.8, 4) is 0 Å². The Morgan fingerprint density at radius 1 is 1.32 bits per heavy atom. The fourth-order valence-electron chi connectivity index (χ4n) is 2.31. The molecule has 0 aliphatic rings. The van der Waals surface area contributed by atoms with Crippen molar-refractivity contribution in [3.63, 3.8) is 0 Å². The van der Waals surface area contributed by atoms with E-state index in [-0.39, 0.29) is 11.7 Å². The number of halogens is 2. The van der Waals surface area contributed by atoms with Gasteiger partial charge in [0.1, 0.15) is 5.82 Å². The number of fused-ring (bicyclic) bond motifs is 1. The third-order valence-electron chi connectivity index (χ3n) is 3.38. The molecule has 2 aromatic heterocycles. The molecule has 0 bridgehead atoms. The first-order valence-corrected chi connectivity index (χ1v) is 7.57. The molecule has 0 aliphatic carbocycles. The summed E-state index contributed by atoms with van der Waals surface area (Å²) in [5.74, 6) is -0.447. The second-order valence-electron chi connectivity index (χ2n) is 4.90. The van der Waals surface area contributed by atoms with Crippen LogP contribution in [0.15, 0.2) is 47.3 Å². The summed E-state index contributed by atoms with van der Waals surface area (Å²) in [6.45, 7) is 0.467. The van der Waals surface area contributed by atoms with Gasteiger partial charge in [-0.25, -0.2) is 4.39 Å². The highest BCUT2D eigenvalue weighted by Gasteiger charge is 2.08. The summed E-state index contributed by atoms with van der Waals surface area (Å²) < 4.78 is 14.1. The number of hydrogen-bond donors (Lipinski definition) is 2. The van der Waals surface area contributed by atoms with Crippen LogP contribution in [0.5, 0.6) is 0 Å². The second-order valence-corrected chi connectivity index (χ2v) is 5.82. The van der Waals surface area contributed by atoms with Crippen molar-refractivity contribution in [3.05, 3.63) is 64.3 Å². The van der Waals surface area contributed by atoms with E-state index in [0.29, 0.717) is 18.5 Å². The quantitative estimate of drug-likeness (QED) is 0.747. The Bertz CT molecular complexity index is 831. The molecule has 0 fully saturated rings. The van der Waals surface area contributed by atoms with E-state index in [4.69, 9.17) is 0 Å². The molecule has 0 saturated carbocycles. The first-order chi connectivity index (χ1) is 10.6. The van der Waals surface area contributed by atoms with Crippen molar-refractivity contribution in [1.82, 2.24) is 15.3 Å². The van der Waals surface area contributed by atoms with E-state index >= 15 is 0 Å². The van der Waals surface area contributed by atoms with Gasteiger partial charge in [-0.1, -0.05) is 0 Å². The smallest absolute Gasteiger partial charge is 0.252 e. The number of hydrogen-bond acceptors (Lipinski definition) is 2. The van der Waals surface area contributed by atoms with Gasteiger partial charge in [-0.05, 0) is 52.2 Å². The molecule has 0 spiro atoms. The van der Waals surface area contributed by atoms with Gasteiger partial charge in [0.05, 0.1) is 5.56 Å². The maximum absolute atomic E-state index is 13.3. The molecule has 1 aromatic carbocycles. The van der Waals surface area contributed by atoms with E-state index in [1.165, 1.54) is 18.3 Å². The van der Waals surface area contributed by atoms with Crippen molar-refractivity contribution in [2.24, 2.45) is 0 Å². The number of aromatic nitrogens is 2. The Kier molecular flexibility index (Phi) is 4.20. The molecule has 0 aliphatic heterocycles. The zero-order valence-electron chi connectivity index (χ0n) is 11.6. The summed E-state index contributed by atoms with van der Waals surface area (Å²) in [5, 5.41) is 3.68. The van der Waals surface area contributed by atoms with Crippen LogP contribution in [0.3, 0.4) is 0 Å². The highest BCUT2D eigenvalue weighted by atomic mass is 79.9. The first kappa shape index (κ1) is 14.7. The molecular weight excluding hydrogens is 349 g/mol. The van der Waals surface area contributed by atoms with Gasteiger partial charge in [0.15, 0.2) is 0 Å². The summed E-state index contributed by atoms with van der Waals surface area (Å²) in [4.78, 5) is 19.1. The van der Waals surface area contributed by atoms with Gasteiger partial charge in [0.2, 0.25) is 0 Å². The lowest BCUT2D eigenvalue weighted by Crippen LogP contribution is -2.25. The van der Waals surface area contributed by atoms with Crippen LogP contribution in [-0.2, 0) is 6.42 Å². The second kappa shape index (κ2) is 6.27. The van der Waals surface area contributed by atoms with Gasteiger partial charge in [0.25, 0.3) is 5.91 Å². The van der Waals surface area contributed by atoms with Crippen molar-refractivity contribution < 1.29 is 9.18 Å². The Hall–Kier alpha value is -2.21. The van der Waals surface area contributed by atoms with Crippen molar-refractivity contribution >= 4 is 32.7 Å². The van der Waals surface area contributed by atoms with E-state index < -0.39 is 0 Å². The van der Waals surface area contributed by atoms with Gasteiger partial charge in [-0.3, -0.25) is 9.78 Å². The summed E-state index contributed by atoms with van der Waals surface area (Å²) in [6, 6.07) is 6.34. The van der Waals surface area contributed by atoms with Crippen molar-refractivity contribution in [2.45, 2.75) is 6.42 Å². The number of carbonyl (C=O) groups excluding carboxylic acids is 1. The molecular formula is C16H13BrFN3O. The number of nitrogens with one attached hydrogen (secondary N) is 2. The van der Waals surface area contributed by atoms with Crippen LogP contribution in [0.2, 0.25) is 0 Å². The molecule has 112 valence electrons. The lowest BCUT2D eigenvalue weighted by molar-refractivity contribution is 0.0953. The number of benzene rings is 1. The van der Waals surface area contributed by atoms with Gasteiger partial charge in [0, 0.05) is 40.5 Å². The van der Waals surface area contributed by atoms with Gasteiger partial charge in [-0.2, -0.15) is 0 Å². The Balaban J connectivity index is 1.65.